The Hall–Kier alpha value is -1.62. The summed E-state index contributed by atoms with van der Waals surface area (Å²) in [6.45, 7) is 3.99. The van der Waals surface area contributed by atoms with E-state index in [0.29, 0.717) is 31.1 Å². The molecule has 1 aliphatic heterocycles. The van der Waals surface area contributed by atoms with Gasteiger partial charge in [-0.1, -0.05) is 0 Å². The van der Waals surface area contributed by atoms with Crippen molar-refractivity contribution in [3.8, 4) is 0 Å². The molecule has 0 spiro atoms. The Morgan fingerprint density at radius 1 is 1.65 bits per heavy atom. The number of rotatable bonds is 1. The van der Waals surface area contributed by atoms with Crippen LogP contribution in [0.25, 0.3) is 0 Å². The lowest BCUT2D eigenvalue weighted by atomic mass is 10.2. The van der Waals surface area contributed by atoms with Crippen LogP contribution < -0.4 is 5.73 Å². The van der Waals surface area contributed by atoms with E-state index in [1.54, 1.807) is 23.2 Å². The van der Waals surface area contributed by atoms with Gasteiger partial charge in [-0.15, -0.1) is 0 Å². The van der Waals surface area contributed by atoms with Crippen LogP contribution in [0.2, 0.25) is 0 Å². The molecular formula is C12H17N3O2. The molecule has 0 radical (unpaired) electrons. The lowest BCUT2D eigenvalue weighted by Gasteiger charge is -2.21. The van der Waals surface area contributed by atoms with Crippen LogP contribution in [0.4, 0.5) is 5.69 Å². The van der Waals surface area contributed by atoms with Crippen molar-refractivity contribution in [2.75, 3.05) is 25.4 Å². The van der Waals surface area contributed by atoms with Crippen LogP contribution in [0.1, 0.15) is 23.8 Å². The second-order valence-electron chi connectivity index (χ2n) is 4.26. The standard InChI is InChI=1S/C12H17N3O2/c1-9-8-15(5-2-6-17-9)12(16)11-7-10(13)3-4-14-11/h3-4,7,9H,2,5-6,8H2,1H3,(H2,13,14). The van der Waals surface area contributed by atoms with Crippen molar-refractivity contribution < 1.29 is 9.53 Å². The summed E-state index contributed by atoms with van der Waals surface area (Å²) >= 11 is 0. The molecule has 2 heterocycles. The summed E-state index contributed by atoms with van der Waals surface area (Å²) in [4.78, 5) is 18.0. The Bertz CT molecular complexity index is 408. The van der Waals surface area contributed by atoms with Crippen molar-refractivity contribution in [1.82, 2.24) is 9.88 Å². The Morgan fingerprint density at radius 2 is 2.47 bits per heavy atom. The molecule has 1 unspecified atom stereocenters. The zero-order valence-corrected chi connectivity index (χ0v) is 9.93. The molecule has 0 bridgehead atoms. The zero-order valence-electron chi connectivity index (χ0n) is 9.93. The number of carbonyl (C=O) groups excluding carboxylic acids is 1. The Labute approximate surface area is 101 Å². The molecule has 17 heavy (non-hydrogen) atoms. The van der Waals surface area contributed by atoms with Crippen molar-refractivity contribution >= 4 is 11.6 Å². The summed E-state index contributed by atoms with van der Waals surface area (Å²) in [6, 6.07) is 3.28. The molecule has 2 rings (SSSR count). The van der Waals surface area contributed by atoms with E-state index >= 15 is 0 Å². The van der Waals surface area contributed by atoms with Crippen molar-refractivity contribution in [2.45, 2.75) is 19.4 Å². The number of hydrogen-bond donors (Lipinski definition) is 1. The highest BCUT2D eigenvalue weighted by atomic mass is 16.5. The molecule has 1 saturated heterocycles. The molecule has 1 aliphatic rings. The number of nitrogen functional groups attached to an aromatic ring is 1. The molecule has 2 N–H and O–H groups in total. The van der Waals surface area contributed by atoms with Crippen molar-refractivity contribution in [3.63, 3.8) is 0 Å². The number of carbonyl (C=O) groups is 1. The molecular weight excluding hydrogens is 218 g/mol. The van der Waals surface area contributed by atoms with Crippen molar-refractivity contribution in [3.05, 3.63) is 24.0 Å². The second-order valence-corrected chi connectivity index (χ2v) is 4.26. The van der Waals surface area contributed by atoms with Crippen LogP contribution in [0.5, 0.6) is 0 Å². The first-order valence-corrected chi connectivity index (χ1v) is 5.79. The number of ether oxygens (including phenoxy) is 1. The minimum atomic E-state index is -0.0744. The fourth-order valence-corrected chi connectivity index (χ4v) is 1.90. The van der Waals surface area contributed by atoms with E-state index < -0.39 is 0 Å². The van der Waals surface area contributed by atoms with Gasteiger partial charge in [0, 0.05) is 31.6 Å². The van der Waals surface area contributed by atoms with E-state index in [0.717, 1.165) is 6.42 Å². The summed E-state index contributed by atoms with van der Waals surface area (Å²) in [5.74, 6) is -0.0744. The van der Waals surface area contributed by atoms with Gasteiger partial charge >= 0.3 is 0 Å². The SMILES string of the molecule is CC1CN(C(=O)c2cc(N)ccn2)CCCO1. The average Bonchev–Trinajstić information content (AvgIpc) is 2.53. The molecule has 1 atom stereocenters. The molecule has 92 valence electrons. The topological polar surface area (TPSA) is 68.5 Å². The summed E-state index contributed by atoms with van der Waals surface area (Å²) in [5, 5.41) is 0. The maximum atomic E-state index is 12.2. The number of amides is 1. The molecule has 0 aromatic carbocycles. The highest BCUT2D eigenvalue weighted by Crippen LogP contribution is 2.11. The van der Waals surface area contributed by atoms with Crippen LogP contribution in [0, 0.1) is 0 Å². The van der Waals surface area contributed by atoms with E-state index in [-0.39, 0.29) is 12.0 Å². The fourth-order valence-electron chi connectivity index (χ4n) is 1.90. The highest BCUT2D eigenvalue weighted by Gasteiger charge is 2.21. The average molecular weight is 235 g/mol. The Kier molecular flexibility index (Phi) is 3.58. The number of hydrogen-bond acceptors (Lipinski definition) is 4. The maximum absolute atomic E-state index is 12.2. The van der Waals surface area contributed by atoms with Crippen LogP contribution >= 0.6 is 0 Å². The number of nitrogens with two attached hydrogens (primary N) is 1. The van der Waals surface area contributed by atoms with Crippen LogP contribution in [0.15, 0.2) is 18.3 Å². The summed E-state index contributed by atoms with van der Waals surface area (Å²) in [6.07, 6.45) is 2.49. The third-order valence-corrected chi connectivity index (χ3v) is 2.74. The van der Waals surface area contributed by atoms with Crippen molar-refractivity contribution in [1.29, 1.82) is 0 Å². The summed E-state index contributed by atoms with van der Waals surface area (Å²) < 4.78 is 5.50. The van der Waals surface area contributed by atoms with Crippen LogP contribution in [-0.4, -0.2) is 41.6 Å². The fraction of sp³-hybridized carbons (Fsp3) is 0.500. The molecule has 1 amide bonds. The minimum Gasteiger partial charge on any atom is -0.399 e. The van der Waals surface area contributed by atoms with Gasteiger partial charge in [0.1, 0.15) is 5.69 Å². The number of aromatic nitrogens is 1. The second kappa shape index (κ2) is 5.14. The third-order valence-electron chi connectivity index (χ3n) is 2.74. The van der Waals surface area contributed by atoms with Gasteiger partial charge < -0.3 is 15.4 Å². The van der Waals surface area contributed by atoms with Gasteiger partial charge in [-0.25, -0.2) is 0 Å². The molecule has 5 nitrogen and oxygen atoms in total. The van der Waals surface area contributed by atoms with Crippen LogP contribution in [-0.2, 0) is 4.74 Å². The normalized spacial score (nSPS) is 21.0. The smallest absolute Gasteiger partial charge is 0.272 e. The third kappa shape index (κ3) is 2.94. The summed E-state index contributed by atoms with van der Waals surface area (Å²) in [5.41, 5.74) is 6.61. The van der Waals surface area contributed by atoms with Gasteiger partial charge in [-0.3, -0.25) is 9.78 Å². The van der Waals surface area contributed by atoms with Gasteiger partial charge in [0.05, 0.1) is 6.10 Å². The number of anilines is 1. The first kappa shape index (κ1) is 11.9. The van der Waals surface area contributed by atoms with E-state index in [4.69, 9.17) is 10.5 Å². The predicted octanol–water partition coefficient (Wildman–Crippen LogP) is 0.915. The molecule has 5 heteroatoms. The molecule has 1 aromatic rings. The number of pyridine rings is 1. The largest absolute Gasteiger partial charge is 0.399 e. The zero-order chi connectivity index (χ0) is 12.3. The van der Waals surface area contributed by atoms with E-state index in [2.05, 4.69) is 4.98 Å². The minimum absolute atomic E-state index is 0.0718. The summed E-state index contributed by atoms with van der Waals surface area (Å²) in [7, 11) is 0. The lowest BCUT2D eigenvalue weighted by molar-refractivity contribution is 0.0559. The van der Waals surface area contributed by atoms with Crippen LogP contribution in [0.3, 0.4) is 0 Å². The first-order valence-electron chi connectivity index (χ1n) is 5.79. The highest BCUT2D eigenvalue weighted by molar-refractivity contribution is 5.93. The van der Waals surface area contributed by atoms with E-state index in [9.17, 15) is 4.79 Å². The molecule has 0 saturated carbocycles. The van der Waals surface area contributed by atoms with Gasteiger partial charge in [-0.05, 0) is 25.5 Å². The van der Waals surface area contributed by atoms with E-state index in [1.165, 1.54) is 0 Å². The Morgan fingerprint density at radius 3 is 3.24 bits per heavy atom. The molecule has 1 fully saturated rings. The van der Waals surface area contributed by atoms with Gasteiger partial charge in [-0.2, -0.15) is 0 Å². The first-order chi connectivity index (χ1) is 8.16. The van der Waals surface area contributed by atoms with E-state index in [1.807, 2.05) is 6.92 Å². The van der Waals surface area contributed by atoms with Gasteiger partial charge in [0.25, 0.3) is 5.91 Å². The van der Waals surface area contributed by atoms with Gasteiger partial charge in [0.2, 0.25) is 0 Å². The monoisotopic (exact) mass is 235 g/mol. The number of nitrogens with zero attached hydrogens (tertiary/aromatic N) is 2. The molecule has 0 aliphatic carbocycles. The maximum Gasteiger partial charge on any atom is 0.272 e. The Balaban J connectivity index is 2.13. The molecule has 1 aromatic heterocycles. The lowest BCUT2D eigenvalue weighted by Crippen LogP contribution is -2.36. The predicted molar refractivity (Wildman–Crippen MR) is 64.6 cm³/mol. The van der Waals surface area contributed by atoms with Gasteiger partial charge in [0.15, 0.2) is 0 Å². The van der Waals surface area contributed by atoms with Crippen molar-refractivity contribution in [2.24, 2.45) is 0 Å². The quantitative estimate of drug-likeness (QED) is 0.785.